The van der Waals surface area contributed by atoms with Gasteiger partial charge in [-0.25, -0.2) is 4.79 Å². The molecule has 0 aliphatic carbocycles. The fourth-order valence-electron chi connectivity index (χ4n) is 2.51. The molecule has 5 heteroatoms. The van der Waals surface area contributed by atoms with Gasteiger partial charge in [0.2, 0.25) is 0 Å². The van der Waals surface area contributed by atoms with Gasteiger partial charge in [-0.15, -0.1) is 0 Å². The lowest BCUT2D eigenvalue weighted by atomic mass is 10.2. The van der Waals surface area contributed by atoms with E-state index in [-0.39, 0.29) is 5.56 Å². The molecule has 0 saturated heterocycles. The van der Waals surface area contributed by atoms with E-state index in [1.54, 1.807) is 12.1 Å². The molecule has 0 aromatic heterocycles. The molecule has 0 radical (unpaired) electrons. The monoisotopic (exact) mass is 378 g/mol. The zero-order chi connectivity index (χ0) is 19.6. The highest BCUT2D eigenvalue weighted by molar-refractivity contribution is 5.87. The Morgan fingerprint density at radius 3 is 1.71 bits per heavy atom. The minimum atomic E-state index is -0.948. The van der Waals surface area contributed by atoms with E-state index in [1.807, 2.05) is 54.6 Å². The van der Waals surface area contributed by atoms with Crippen molar-refractivity contribution in [2.75, 3.05) is 13.2 Å². The molecule has 1 N–H and O–H groups in total. The second-order valence-corrected chi connectivity index (χ2v) is 6.13. The molecular formula is C23H22O5. The third-order valence-electron chi connectivity index (χ3n) is 4.00. The molecule has 3 aromatic carbocycles. The molecule has 0 aliphatic rings. The molecule has 144 valence electrons. The molecule has 28 heavy (non-hydrogen) atoms. The minimum Gasteiger partial charge on any atom is -0.493 e. The van der Waals surface area contributed by atoms with Crippen LogP contribution in [0.1, 0.15) is 22.3 Å². The molecule has 0 fully saturated rings. The summed E-state index contributed by atoms with van der Waals surface area (Å²) in [5.41, 5.74) is 1.37. The summed E-state index contributed by atoms with van der Waals surface area (Å²) in [7, 11) is 0. The standard InChI is InChI=1S/C23H22O5/c24-23(25)19-7-9-20(10-8-19)26-15-4-16-27-21-11-13-22(14-12-21)28-17-18-5-2-1-3-6-18/h1-3,5-14H,4,15-17H2,(H,24,25). The molecule has 5 nitrogen and oxygen atoms in total. The zero-order valence-corrected chi connectivity index (χ0v) is 15.4. The Morgan fingerprint density at radius 2 is 1.18 bits per heavy atom. The van der Waals surface area contributed by atoms with Crippen molar-refractivity contribution in [2.45, 2.75) is 13.0 Å². The highest BCUT2D eigenvalue weighted by atomic mass is 16.5. The Labute approximate surface area is 164 Å². The van der Waals surface area contributed by atoms with Crippen molar-refractivity contribution in [2.24, 2.45) is 0 Å². The summed E-state index contributed by atoms with van der Waals surface area (Å²) in [5, 5.41) is 8.86. The van der Waals surface area contributed by atoms with Crippen LogP contribution in [0.5, 0.6) is 17.2 Å². The van der Waals surface area contributed by atoms with Gasteiger partial charge < -0.3 is 19.3 Å². The molecule has 0 amide bonds. The van der Waals surface area contributed by atoms with Crippen LogP contribution in [-0.2, 0) is 6.61 Å². The van der Waals surface area contributed by atoms with Gasteiger partial charge in [0.05, 0.1) is 18.8 Å². The van der Waals surface area contributed by atoms with E-state index in [4.69, 9.17) is 19.3 Å². The van der Waals surface area contributed by atoms with E-state index < -0.39 is 5.97 Å². The number of ether oxygens (including phenoxy) is 3. The Bertz CT molecular complexity index is 858. The number of carboxylic acids is 1. The van der Waals surface area contributed by atoms with Gasteiger partial charge in [-0.05, 0) is 54.1 Å². The molecule has 0 aliphatic heterocycles. The van der Waals surface area contributed by atoms with Crippen molar-refractivity contribution in [1.29, 1.82) is 0 Å². The molecule has 0 heterocycles. The minimum absolute atomic E-state index is 0.242. The average molecular weight is 378 g/mol. The summed E-state index contributed by atoms with van der Waals surface area (Å²) in [6.45, 7) is 1.55. The topological polar surface area (TPSA) is 65.0 Å². The number of hydrogen-bond donors (Lipinski definition) is 1. The quantitative estimate of drug-likeness (QED) is 0.513. The number of hydrogen-bond acceptors (Lipinski definition) is 4. The molecule has 0 atom stereocenters. The normalized spacial score (nSPS) is 10.3. The first kappa shape index (κ1) is 19.3. The number of carbonyl (C=O) groups is 1. The van der Waals surface area contributed by atoms with Crippen LogP contribution in [0.4, 0.5) is 0 Å². The maximum atomic E-state index is 10.8. The third-order valence-corrected chi connectivity index (χ3v) is 4.00. The van der Waals surface area contributed by atoms with Crippen molar-refractivity contribution in [3.8, 4) is 17.2 Å². The summed E-state index contributed by atoms with van der Waals surface area (Å²) in [5.74, 6) is 1.27. The smallest absolute Gasteiger partial charge is 0.335 e. The first-order valence-electron chi connectivity index (χ1n) is 9.06. The predicted molar refractivity (Wildman–Crippen MR) is 106 cm³/mol. The third kappa shape index (κ3) is 6.06. The van der Waals surface area contributed by atoms with Crippen LogP contribution in [0.2, 0.25) is 0 Å². The van der Waals surface area contributed by atoms with E-state index in [0.717, 1.165) is 17.1 Å². The maximum absolute atomic E-state index is 10.8. The highest BCUT2D eigenvalue weighted by Gasteiger charge is 2.02. The van der Waals surface area contributed by atoms with Crippen LogP contribution in [0, 0.1) is 0 Å². The summed E-state index contributed by atoms with van der Waals surface area (Å²) in [4.78, 5) is 10.8. The largest absolute Gasteiger partial charge is 0.493 e. The second-order valence-electron chi connectivity index (χ2n) is 6.13. The van der Waals surface area contributed by atoms with Crippen molar-refractivity contribution >= 4 is 5.97 Å². The molecule has 3 rings (SSSR count). The van der Waals surface area contributed by atoms with Crippen LogP contribution in [0.15, 0.2) is 78.9 Å². The van der Waals surface area contributed by atoms with Crippen LogP contribution in [-0.4, -0.2) is 24.3 Å². The highest BCUT2D eigenvalue weighted by Crippen LogP contribution is 2.19. The van der Waals surface area contributed by atoms with E-state index in [1.165, 1.54) is 12.1 Å². The van der Waals surface area contributed by atoms with Crippen LogP contribution in [0.3, 0.4) is 0 Å². The van der Waals surface area contributed by atoms with Crippen LogP contribution < -0.4 is 14.2 Å². The summed E-state index contributed by atoms with van der Waals surface area (Å²) >= 11 is 0. The first-order valence-corrected chi connectivity index (χ1v) is 9.06. The van der Waals surface area contributed by atoms with Gasteiger partial charge >= 0.3 is 5.97 Å². The SMILES string of the molecule is O=C(O)c1ccc(OCCCOc2ccc(OCc3ccccc3)cc2)cc1. The number of rotatable bonds is 10. The Morgan fingerprint density at radius 1 is 0.679 bits per heavy atom. The van der Waals surface area contributed by atoms with Crippen molar-refractivity contribution in [3.05, 3.63) is 90.0 Å². The summed E-state index contributed by atoms with van der Waals surface area (Å²) in [6.07, 6.45) is 0.715. The van der Waals surface area contributed by atoms with Crippen molar-refractivity contribution in [1.82, 2.24) is 0 Å². The molecular weight excluding hydrogens is 356 g/mol. The molecule has 3 aromatic rings. The Balaban J connectivity index is 1.34. The van der Waals surface area contributed by atoms with E-state index >= 15 is 0 Å². The summed E-state index contributed by atoms with van der Waals surface area (Å²) in [6, 6.07) is 23.9. The van der Waals surface area contributed by atoms with E-state index in [0.29, 0.717) is 32.0 Å². The lowest BCUT2D eigenvalue weighted by molar-refractivity contribution is 0.0697. The first-order chi connectivity index (χ1) is 13.7. The second kappa shape index (κ2) is 10.0. The molecule has 0 bridgehead atoms. The fraction of sp³-hybridized carbons (Fsp3) is 0.174. The van der Waals surface area contributed by atoms with Gasteiger partial charge in [0.1, 0.15) is 23.9 Å². The number of benzene rings is 3. The van der Waals surface area contributed by atoms with Gasteiger partial charge in [-0.2, -0.15) is 0 Å². The number of carboxylic acid groups (broad SMARTS) is 1. The zero-order valence-electron chi connectivity index (χ0n) is 15.4. The van der Waals surface area contributed by atoms with Crippen LogP contribution >= 0.6 is 0 Å². The van der Waals surface area contributed by atoms with E-state index in [9.17, 15) is 4.79 Å². The fourth-order valence-corrected chi connectivity index (χ4v) is 2.51. The lowest BCUT2D eigenvalue weighted by Crippen LogP contribution is -2.05. The van der Waals surface area contributed by atoms with Crippen molar-refractivity contribution < 1.29 is 24.1 Å². The van der Waals surface area contributed by atoms with Gasteiger partial charge in [0.25, 0.3) is 0 Å². The predicted octanol–water partition coefficient (Wildman–Crippen LogP) is 4.81. The van der Waals surface area contributed by atoms with Gasteiger partial charge in [-0.1, -0.05) is 30.3 Å². The maximum Gasteiger partial charge on any atom is 0.335 e. The lowest BCUT2D eigenvalue weighted by Gasteiger charge is -2.10. The Hall–Kier alpha value is -3.47. The van der Waals surface area contributed by atoms with E-state index in [2.05, 4.69) is 0 Å². The molecule has 0 spiro atoms. The van der Waals surface area contributed by atoms with Crippen LogP contribution in [0.25, 0.3) is 0 Å². The number of aromatic carboxylic acids is 1. The molecule has 0 saturated carbocycles. The van der Waals surface area contributed by atoms with Gasteiger partial charge in [0.15, 0.2) is 0 Å². The average Bonchev–Trinajstić information content (AvgIpc) is 2.74. The molecule has 0 unspecified atom stereocenters. The summed E-state index contributed by atoms with van der Waals surface area (Å²) < 4.78 is 17.0. The van der Waals surface area contributed by atoms with Gasteiger partial charge in [0, 0.05) is 6.42 Å². The van der Waals surface area contributed by atoms with Gasteiger partial charge in [-0.3, -0.25) is 0 Å². The Kier molecular flexibility index (Phi) is 6.90. The van der Waals surface area contributed by atoms with Crippen molar-refractivity contribution in [3.63, 3.8) is 0 Å².